The second-order valence-corrected chi connectivity index (χ2v) is 9.91. The van der Waals surface area contributed by atoms with E-state index in [1.165, 1.54) is 24.1 Å². The minimum atomic E-state index is -4.92. The number of nitrogens with one attached hydrogen (secondary N) is 1. The van der Waals surface area contributed by atoms with E-state index in [1.807, 2.05) is 0 Å². The van der Waals surface area contributed by atoms with Crippen LogP contribution in [-0.4, -0.2) is 99.0 Å². The normalized spacial score (nSPS) is 21.2. The number of aromatic nitrogens is 1. The summed E-state index contributed by atoms with van der Waals surface area (Å²) in [6.07, 6.45) is 0. The van der Waals surface area contributed by atoms with E-state index < -0.39 is 51.5 Å². The van der Waals surface area contributed by atoms with E-state index in [0.717, 1.165) is 11.3 Å². The summed E-state index contributed by atoms with van der Waals surface area (Å²) in [7, 11) is -4.92. The molecule has 2 amide bonds. The van der Waals surface area contributed by atoms with Crippen molar-refractivity contribution in [2.45, 2.75) is 31.5 Å². The van der Waals surface area contributed by atoms with E-state index in [2.05, 4.69) is 20.4 Å². The summed E-state index contributed by atoms with van der Waals surface area (Å²) in [6, 6.07) is -2.60. The van der Waals surface area contributed by atoms with Gasteiger partial charge < -0.3 is 31.6 Å². The average Bonchev–Trinajstić information content (AvgIpc) is 3.32. The standard InChI is InChI=1S/C16H22N8O8S2/c1-16(2,13(27)28)32-22-9(7-6-33-15(18)20-7)11(25)21-10-8(5-23-4-3-19-14(23)17)24(12(10)26)34(29,30)31/h6,8,10H,3-5H2,1-2H3,(H2,17,19)(H2,18,20)(H,21,25)(H,27,28)(H,29,30,31)/t8-,10+/m1/s1. The molecular weight excluding hydrogens is 496 g/mol. The van der Waals surface area contributed by atoms with Gasteiger partial charge in [-0.1, -0.05) is 5.16 Å². The van der Waals surface area contributed by atoms with Crippen LogP contribution in [0, 0.1) is 0 Å². The number of hydrogen-bond acceptors (Lipinski definition) is 13. The molecule has 1 aromatic rings. The van der Waals surface area contributed by atoms with E-state index in [1.54, 1.807) is 0 Å². The number of nitrogen functional groups attached to an aromatic ring is 1. The molecule has 0 bridgehead atoms. The van der Waals surface area contributed by atoms with Crippen LogP contribution >= 0.6 is 11.3 Å². The van der Waals surface area contributed by atoms with Gasteiger partial charge in [-0.15, -0.1) is 11.3 Å². The van der Waals surface area contributed by atoms with Crippen LogP contribution in [0.15, 0.2) is 15.5 Å². The zero-order valence-electron chi connectivity index (χ0n) is 17.9. The number of aliphatic imine (C=N–C) groups is 1. The molecule has 2 aliphatic heterocycles. The second kappa shape index (κ2) is 9.03. The molecule has 1 saturated heterocycles. The molecule has 0 unspecified atom stereocenters. The Labute approximate surface area is 197 Å². The number of rotatable bonds is 9. The Morgan fingerprint density at radius 1 is 1.41 bits per heavy atom. The molecule has 7 N–H and O–H groups in total. The number of carboxylic acids is 1. The maximum Gasteiger partial charge on any atom is 0.362 e. The number of hydrogen-bond donors (Lipinski definition) is 5. The first kappa shape index (κ1) is 25.1. The summed E-state index contributed by atoms with van der Waals surface area (Å²) in [5.74, 6) is -3.37. The van der Waals surface area contributed by atoms with Crippen molar-refractivity contribution in [2.75, 3.05) is 25.4 Å². The first-order chi connectivity index (χ1) is 15.7. The molecule has 16 nitrogen and oxygen atoms in total. The number of carbonyl (C=O) groups excluding carboxylic acids is 2. The van der Waals surface area contributed by atoms with Crippen molar-refractivity contribution in [3.8, 4) is 0 Å². The monoisotopic (exact) mass is 518 g/mol. The predicted molar refractivity (Wildman–Crippen MR) is 118 cm³/mol. The van der Waals surface area contributed by atoms with E-state index in [0.29, 0.717) is 13.1 Å². The number of amides is 2. The van der Waals surface area contributed by atoms with Gasteiger partial charge in [0.05, 0.1) is 12.6 Å². The lowest BCUT2D eigenvalue weighted by Gasteiger charge is -2.45. The molecule has 3 rings (SSSR count). The Morgan fingerprint density at radius 2 is 2.09 bits per heavy atom. The molecule has 34 heavy (non-hydrogen) atoms. The summed E-state index contributed by atoms with van der Waals surface area (Å²) < 4.78 is 33.1. The highest BCUT2D eigenvalue weighted by atomic mass is 32.2. The lowest BCUT2D eigenvalue weighted by molar-refractivity contribution is -0.161. The maximum atomic E-state index is 13.0. The fourth-order valence-electron chi connectivity index (χ4n) is 3.06. The van der Waals surface area contributed by atoms with Crippen molar-refractivity contribution in [3.05, 3.63) is 11.1 Å². The van der Waals surface area contributed by atoms with Crippen molar-refractivity contribution >= 4 is 56.2 Å². The number of carboxylic acid groups (broad SMARTS) is 1. The lowest BCUT2D eigenvalue weighted by Crippen LogP contribution is -2.74. The summed E-state index contributed by atoms with van der Waals surface area (Å²) >= 11 is 0.967. The SMILES string of the molecule is CC(C)(ON=C(C(=O)N[C@@H]1C(=O)N(S(=O)(=O)O)[C@@H]1CN1CCN=C1N)c1csc(N)n1)C(=O)O. The van der Waals surface area contributed by atoms with Crippen LogP contribution in [0.3, 0.4) is 0 Å². The van der Waals surface area contributed by atoms with Crippen LogP contribution in [0.25, 0.3) is 0 Å². The fraction of sp³-hybridized carbons (Fsp3) is 0.500. The Balaban J connectivity index is 1.87. The van der Waals surface area contributed by atoms with Gasteiger partial charge in [0, 0.05) is 18.5 Å². The third kappa shape index (κ3) is 5.02. The van der Waals surface area contributed by atoms with Gasteiger partial charge in [-0.25, -0.2) is 14.1 Å². The predicted octanol–water partition coefficient (Wildman–Crippen LogP) is -2.56. The van der Waals surface area contributed by atoms with Crippen LogP contribution in [0.4, 0.5) is 5.13 Å². The molecule has 0 aromatic carbocycles. The highest BCUT2D eigenvalue weighted by Gasteiger charge is 2.55. The fourth-order valence-corrected chi connectivity index (χ4v) is 4.48. The number of guanidine groups is 1. The van der Waals surface area contributed by atoms with Crippen LogP contribution < -0.4 is 16.8 Å². The first-order valence-electron chi connectivity index (χ1n) is 9.59. The average molecular weight is 519 g/mol. The molecule has 186 valence electrons. The minimum absolute atomic E-state index is 0.0629. The van der Waals surface area contributed by atoms with Crippen molar-refractivity contribution in [1.29, 1.82) is 0 Å². The highest BCUT2D eigenvalue weighted by Crippen LogP contribution is 2.25. The van der Waals surface area contributed by atoms with Gasteiger partial charge in [-0.05, 0) is 13.8 Å². The quantitative estimate of drug-likeness (QED) is 0.0980. The number of thiazole rings is 1. The van der Waals surface area contributed by atoms with E-state index in [4.69, 9.17) is 16.3 Å². The molecular formula is C16H22N8O8S2. The molecule has 1 fully saturated rings. The molecule has 2 atom stereocenters. The first-order valence-corrected chi connectivity index (χ1v) is 11.9. The number of aliphatic carboxylic acids is 1. The number of β-lactam (4-membered cyclic amide) rings is 1. The van der Waals surface area contributed by atoms with Gasteiger partial charge >= 0.3 is 16.3 Å². The minimum Gasteiger partial charge on any atom is -0.478 e. The van der Waals surface area contributed by atoms with E-state index in [-0.39, 0.29) is 27.6 Å². The largest absolute Gasteiger partial charge is 0.478 e. The number of nitrogens with zero attached hydrogens (tertiary/aromatic N) is 5. The molecule has 2 aliphatic rings. The molecule has 18 heteroatoms. The molecule has 0 saturated carbocycles. The van der Waals surface area contributed by atoms with E-state index >= 15 is 0 Å². The van der Waals surface area contributed by atoms with Crippen LogP contribution in [0.1, 0.15) is 19.5 Å². The Hall–Kier alpha value is -3.51. The molecule has 3 heterocycles. The maximum absolute atomic E-state index is 13.0. The highest BCUT2D eigenvalue weighted by molar-refractivity contribution is 7.84. The van der Waals surface area contributed by atoms with Gasteiger partial charge in [-0.2, -0.15) is 8.42 Å². The summed E-state index contributed by atoms with van der Waals surface area (Å²) in [4.78, 5) is 51.2. The van der Waals surface area contributed by atoms with Gasteiger partial charge in [0.2, 0.25) is 5.60 Å². The Kier molecular flexibility index (Phi) is 6.67. The van der Waals surface area contributed by atoms with Gasteiger partial charge in [0.25, 0.3) is 11.8 Å². The lowest BCUT2D eigenvalue weighted by atomic mass is 9.97. The molecule has 0 spiro atoms. The smallest absolute Gasteiger partial charge is 0.362 e. The number of oxime groups is 1. The van der Waals surface area contributed by atoms with Gasteiger partial charge in [0.1, 0.15) is 11.7 Å². The zero-order valence-corrected chi connectivity index (χ0v) is 19.5. The molecule has 0 radical (unpaired) electrons. The summed E-state index contributed by atoms with van der Waals surface area (Å²) in [5.41, 5.74) is 8.97. The van der Waals surface area contributed by atoms with Crippen LogP contribution in [-0.2, 0) is 29.5 Å². The molecule has 0 aliphatic carbocycles. The van der Waals surface area contributed by atoms with Crippen LogP contribution in [0.5, 0.6) is 0 Å². The molecule has 1 aromatic heterocycles. The van der Waals surface area contributed by atoms with Gasteiger partial charge in [-0.3, -0.25) is 19.1 Å². The third-order valence-corrected chi connectivity index (χ3v) is 6.56. The third-order valence-electron chi connectivity index (χ3n) is 4.94. The second-order valence-electron chi connectivity index (χ2n) is 7.73. The topological polar surface area (TPSA) is 243 Å². The zero-order chi connectivity index (χ0) is 25.4. The Morgan fingerprint density at radius 3 is 2.59 bits per heavy atom. The summed E-state index contributed by atoms with van der Waals surface area (Å²) in [6.45, 7) is 2.94. The van der Waals surface area contributed by atoms with Crippen molar-refractivity contribution in [2.24, 2.45) is 15.9 Å². The van der Waals surface area contributed by atoms with Crippen molar-refractivity contribution in [1.82, 2.24) is 19.5 Å². The van der Waals surface area contributed by atoms with E-state index in [9.17, 15) is 32.5 Å². The van der Waals surface area contributed by atoms with Gasteiger partial charge in [0.15, 0.2) is 16.8 Å². The van der Waals surface area contributed by atoms with Crippen molar-refractivity contribution in [3.63, 3.8) is 0 Å². The number of anilines is 1. The summed E-state index contributed by atoms with van der Waals surface area (Å²) in [5, 5.41) is 16.6. The number of carbonyl (C=O) groups is 3. The number of nitrogens with two attached hydrogens (primary N) is 2. The van der Waals surface area contributed by atoms with Crippen molar-refractivity contribution < 1.29 is 37.3 Å². The Bertz CT molecular complexity index is 1180. The van der Waals surface area contributed by atoms with Crippen LogP contribution in [0.2, 0.25) is 0 Å².